The summed E-state index contributed by atoms with van der Waals surface area (Å²) < 4.78 is 55.2. The zero-order valence-electron chi connectivity index (χ0n) is 25.8. The topological polar surface area (TPSA) is 59.1 Å². The van der Waals surface area contributed by atoms with E-state index in [9.17, 15) is 27.2 Å². The standard InChI is InChI=1S/C36H32F4N2O4S2/c37-25-1-7-29(8-2-25)47-33-11-5-27(39)21-31(33)23-13-17-41(18-14-23)45-35(43)36(44)46-42-19-15-24(16-20-42)32-22-28(40)6-12-34(32)48-30-9-3-26(38)4-10-30/h1-12,21-24H,13-20H2. The van der Waals surface area contributed by atoms with E-state index < -0.39 is 11.9 Å². The highest BCUT2D eigenvalue weighted by atomic mass is 32.2. The molecule has 4 aromatic carbocycles. The van der Waals surface area contributed by atoms with E-state index in [4.69, 9.17) is 9.68 Å². The fourth-order valence-corrected chi connectivity index (χ4v) is 7.96. The number of halogens is 4. The van der Waals surface area contributed by atoms with Crippen LogP contribution in [0.15, 0.2) is 105 Å². The Hall–Kier alpha value is -3.84. The summed E-state index contributed by atoms with van der Waals surface area (Å²) in [7, 11) is 0. The lowest BCUT2D eigenvalue weighted by Gasteiger charge is -2.32. The van der Waals surface area contributed by atoms with Crippen LogP contribution in [0.3, 0.4) is 0 Å². The van der Waals surface area contributed by atoms with Gasteiger partial charge in [-0.05, 0) is 134 Å². The molecule has 12 heteroatoms. The van der Waals surface area contributed by atoms with Gasteiger partial charge >= 0.3 is 11.9 Å². The zero-order chi connectivity index (χ0) is 33.6. The highest BCUT2D eigenvalue weighted by molar-refractivity contribution is 7.99. The van der Waals surface area contributed by atoms with E-state index in [-0.39, 0.29) is 35.1 Å². The molecule has 6 nitrogen and oxygen atoms in total. The first-order valence-corrected chi connectivity index (χ1v) is 17.2. The minimum Gasteiger partial charge on any atom is -0.359 e. The van der Waals surface area contributed by atoms with Crippen molar-refractivity contribution in [2.45, 2.75) is 57.1 Å². The van der Waals surface area contributed by atoms with Crippen LogP contribution in [-0.4, -0.2) is 48.2 Å². The van der Waals surface area contributed by atoms with Crippen molar-refractivity contribution >= 4 is 35.5 Å². The Morgan fingerprint density at radius 1 is 0.521 bits per heavy atom. The van der Waals surface area contributed by atoms with Gasteiger partial charge in [-0.3, -0.25) is 0 Å². The van der Waals surface area contributed by atoms with Gasteiger partial charge in [-0.2, -0.15) is 0 Å². The summed E-state index contributed by atoms with van der Waals surface area (Å²) in [6.45, 7) is 1.38. The lowest BCUT2D eigenvalue weighted by molar-refractivity contribution is -0.222. The second-order valence-electron chi connectivity index (χ2n) is 11.6. The van der Waals surface area contributed by atoms with Crippen LogP contribution < -0.4 is 0 Å². The van der Waals surface area contributed by atoms with Gasteiger partial charge in [0.05, 0.1) is 0 Å². The molecule has 0 unspecified atom stereocenters. The van der Waals surface area contributed by atoms with E-state index in [1.165, 1.54) is 82.2 Å². The third kappa shape index (κ3) is 8.79. The molecule has 250 valence electrons. The summed E-state index contributed by atoms with van der Waals surface area (Å²) >= 11 is 2.86. The number of benzene rings is 4. The van der Waals surface area contributed by atoms with Crippen LogP contribution >= 0.6 is 23.5 Å². The zero-order valence-corrected chi connectivity index (χ0v) is 27.4. The van der Waals surface area contributed by atoms with Gasteiger partial charge in [0, 0.05) is 45.8 Å². The molecule has 2 aliphatic rings. The van der Waals surface area contributed by atoms with Crippen molar-refractivity contribution < 1.29 is 36.8 Å². The monoisotopic (exact) mass is 696 g/mol. The number of hydrogen-bond acceptors (Lipinski definition) is 8. The van der Waals surface area contributed by atoms with E-state index in [0.29, 0.717) is 51.9 Å². The Balaban J connectivity index is 0.980. The van der Waals surface area contributed by atoms with E-state index in [1.54, 1.807) is 36.4 Å². The van der Waals surface area contributed by atoms with E-state index in [0.717, 1.165) is 30.7 Å². The quantitative estimate of drug-likeness (QED) is 0.134. The van der Waals surface area contributed by atoms with Crippen molar-refractivity contribution in [1.82, 2.24) is 10.1 Å². The van der Waals surface area contributed by atoms with Crippen LogP contribution in [0.5, 0.6) is 0 Å². The van der Waals surface area contributed by atoms with Crippen LogP contribution in [0, 0.1) is 23.3 Å². The molecule has 0 aromatic heterocycles. The Kier molecular flexibility index (Phi) is 11.1. The number of hydroxylamine groups is 4. The van der Waals surface area contributed by atoms with Gasteiger partial charge in [0.1, 0.15) is 23.3 Å². The summed E-state index contributed by atoms with van der Waals surface area (Å²) in [4.78, 5) is 39.3. The first-order chi connectivity index (χ1) is 23.2. The molecule has 2 fully saturated rings. The van der Waals surface area contributed by atoms with Crippen molar-refractivity contribution in [3.63, 3.8) is 0 Å². The van der Waals surface area contributed by atoms with Crippen LogP contribution in [0.25, 0.3) is 0 Å². The molecule has 0 radical (unpaired) electrons. The molecular weight excluding hydrogens is 665 g/mol. The van der Waals surface area contributed by atoms with E-state index in [1.807, 2.05) is 0 Å². The van der Waals surface area contributed by atoms with Gasteiger partial charge in [-0.15, -0.1) is 10.1 Å². The van der Waals surface area contributed by atoms with Crippen molar-refractivity contribution in [3.8, 4) is 0 Å². The third-order valence-corrected chi connectivity index (χ3v) is 10.6. The smallest absolute Gasteiger partial charge is 0.359 e. The number of nitrogens with zero attached hydrogens (tertiary/aromatic N) is 2. The average Bonchev–Trinajstić information content (AvgIpc) is 3.09. The van der Waals surface area contributed by atoms with Gasteiger partial charge in [-0.25, -0.2) is 27.2 Å². The molecule has 4 aromatic rings. The highest BCUT2D eigenvalue weighted by Gasteiger charge is 2.31. The van der Waals surface area contributed by atoms with Crippen LogP contribution in [0.2, 0.25) is 0 Å². The molecular formula is C36H32F4N2O4S2. The molecule has 2 aliphatic heterocycles. The van der Waals surface area contributed by atoms with Crippen molar-refractivity contribution in [2.24, 2.45) is 0 Å². The Bertz CT molecular complexity index is 1620. The van der Waals surface area contributed by atoms with E-state index >= 15 is 0 Å². The predicted octanol–water partition coefficient (Wildman–Crippen LogP) is 8.52. The van der Waals surface area contributed by atoms with E-state index in [2.05, 4.69) is 0 Å². The Morgan fingerprint density at radius 2 is 0.854 bits per heavy atom. The number of hydrogen-bond donors (Lipinski definition) is 0. The maximum atomic E-state index is 14.2. The van der Waals surface area contributed by atoms with Gasteiger partial charge < -0.3 is 9.68 Å². The summed E-state index contributed by atoms with van der Waals surface area (Å²) in [5.74, 6) is -3.62. The van der Waals surface area contributed by atoms with Gasteiger partial charge in [0.25, 0.3) is 0 Å². The number of carbonyl (C=O) groups excluding carboxylic acids is 2. The van der Waals surface area contributed by atoms with Gasteiger partial charge in [-0.1, -0.05) is 23.5 Å². The molecule has 0 N–H and O–H groups in total. The minimum absolute atomic E-state index is 0.000423. The van der Waals surface area contributed by atoms with Crippen LogP contribution in [0.1, 0.15) is 48.6 Å². The lowest BCUT2D eigenvalue weighted by Crippen LogP contribution is -2.41. The first kappa shape index (κ1) is 34.0. The minimum atomic E-state index is -1.13. The molecule has 2 heterocycles. The first-order valence-electron chi connectivity index (χ1n) is 15.6. The summed E-state index contributed by atoms with van der Waals surface area (Å²) in [6, 6.07) is 21.5. The second-order valence-corrected chi connectivity index (χ2v) is 13.9. The molecule has 0 bridgehead atoms. The van der Waals surface area contributed by atoms with Crippen LogP contribution in [0.4, 0.5) is 17.6 Å². The molecule has 0 spiro atoms. The predicted molar refractivity (Wildman–Crippen MR) is 173 cm³/mol. The lowest BCUT2D eigenvalue weighted by atomic mass is 9.90. The maximum Gasteiger partial charge on any atom is 0.438 e. The molecule has 0 amide bonds. The van der Waals surface area contributed by atoms with Gasteiger partial charge in [0.2, 0.25) is 0 Å². The van der Waals surface area contributed by atoms with Crippen molar-refractivity contribution in [2.75, 3.05) is 26.2 Å². The number of carbonyl (C=O) groups is 2. The summed E-state index contributed by atoms with van der Waals surface area (Å²) in [5.41, 5.74) is 1.66. The van der Waals surface area contributed by atoms with Crippen molar-refractivity contribution in [1.29, 1.82) is 0 Å². The Morgan fingerprint density at radius 3 is 1.21 bits per heavy atom. The SMILES string of the molecule is O=C(ON1CCC(c2cc(F)ccc2Sc2ccc(F)cc2)CC1)C(=O)ON1CCC(c2cc(F)ccc2Sc2ccc(F)cc2)CC1. The van der Waals surface area contributed by atoms with Gasteiger partial charge in [0.15, 0.2) is 0 Å². The molecule has 0 atom stereocenters. The molecule has 48 heavy (non-hydrogen) atoms. The van der Waals surface area contributed by atoms with Crippen LogP contribution in [-0.2, 0) is 19.3 Å². The average molecular weight is 697 g/mol. The number of piperidine rings is 2. The fraction of sp³-hybridized carbons (Fsp3) is 0.278. The second kappa shape index (κ2) is 15.6. The molecule has 2 saturated heterocycles. The fourth-order valence-electron chi connectivity index (χ4n) is 5.95. The third-order valence-electron chi connectivity index (χ3n) is 8.40. The molecule has 6 rings (SSSR count). The molecule has 0 aliphatic carbocycles. The summed E-state index contributed by atoms with van der Waals surface area (Å²) in [6.07, 6.45) is 2.27. The Labute approximate surface area is 284 Å². The summed E-state index contributed by atoms with van der Waals surface area (Å²) in [5, 5.41) is 2.84. The highest BCUT2D eigenvalue weighted by Crippen LogP contribution is 2.40. The number of rotatable bonds is 8. The maximum absolute atomic E-state index is 14.2. The largest absolute Gasteiger partial charge is 0.438 e. The molecule has 0 saturated carbocycles. The normalized spacial score (nSPS) is 16.5. The van der Waals surface area contributed by atoms with Crippen molar-refractivity contribution in [3.05, 3.63) is 119 Å².